The third-order valence-corrected chi connectivity index (χ3v) is 2.95. The summed E-state index contributed by atoms with van der Waals surface area (Å²) in [5.74, 6) is -1.74. The molecule has 1 aromatic carbocycles. The van der Waals surface area contributed by atoms with E-state index < -0.39 is 17.8 Å². The lowest BCUT2D eigenvalue weighted by molar-refractivity contribution is -0.172. The number of imide groups is 1. The number of carbonyl (C=O) groups is 3. The van der Waals surface area contributed by atoms with Gasteiger partial charge >= 0.3 is 5.97 Å². The van der Waals surface area contributed by atoms with Crippen LogP contribution in [-0.4, -0.2) is 22.8 Å². The maximum absolute atomic E-state index is 11.7. The van der Waals surface area contributed by atoms with E-state index in [0.717, 1.165) is 16.8 Å². The van der Waals surface area contributed by atoms with Crippen molar-refractivity contribution in [1.82, 2.24) is 5.06 Å². The Bertz CT molecular complexity index is 484. The topological polar surface area (TPSA) is 89.7 Å². The van der Waals surface area contributed by atoms with E-state index in [1.165, 1.54) is 12.1 Å². The van der Waals surface area contributed by atoms with Crippen LogP contribution in [0.1, 0.15) is 23.2 Å². The number of rotatable bonds is 3. The van der Waals surface area contributed by atoms with Gasteiger partial charge in [-0.1, -0.05) is 0 Å². The van der Waals surface area contributed by atoms with Crippen LogP contribution in [0.2, 0.25) is 0 Å². The van der Waals surface area contributed by atoms with Gasteiger partial charge in [0.05, 0.1) is 5.56 Å². The van der Waals surface area contributed by atoms with Crippen molar-refractivity contribution in [2.24, 2.45) is 5.14 Å². The Morgan fingerprint density at radius 2 is 1.72 bits per heavy atom. The summed E-state index contributed by atoms with van der Waals surface area (Å²) >= 11 is 1.05. The Morgan fingerprint density at radius 3 is 2.22 bits per heavy atom. The van der Waals surface area contributed by atoms with Crippen LogP contribution in [0.25, 0.3) is 0 Å². The Balaban J connectivity index is 2.07. The Hall–Kier alpha value is -1.86. The van der Waals surface area contributed by atoms with Gasteiger partial charge in [0.25, 0.3) is 11.8 Å². The van der Waals surface area contributed by atoms with Crippen LogP contribution in [-0.2, 0) is 14.4 Å². The predicted molar refractivity (Wildman–Crippen MR) is 63.0 cm³/mol. The second-order valence-electron chi connectivity index (χ2n) is 3.60. The average Bonchev–Trinajstić information content (AvgIpc) is 2.70. The van der Waals surface area contributed by atoms with Crippen LogP contribution >= 0.6 is 11.9 Å². The molecule has 18 heavy (non-hydrogen) atoms. The Kier molecular flexibility index (Phi) is 3.63. The second-order valence-corrected chi connectivity index (χ2v) is 4.31. The van der Waals surface area contributed by atoms with E-state index in [2.05, 4.69) is 0 Å². The molecular formula is C11H10N2O4S. The molecule has 2 amide bonds. The quantitative estimate of drug-likeness (QED) is 0.645. The van der Waals surface area contributed by atoms with E-state index in [9.17, 15) is 14.4 Å². The number of benzene rings is 1. The van der Waals surface area contributed by atoms with Crippen molar-refractivity contribution >= 4 is 29.7 Å². The first-order chi connectivity index (χ1) is 8.61. The lowest BCUT2D eigenvalue weighted by Crippen LogP contribution is -2.32. The molecule has 7 heteroatoms. The largest absolute Gasteiger partial charge is 0.363 e. The van der Waals surface area contributed by atoms with Crippen LogP contribution in [0.3, 0.4) is 0 Å². The molecule has 6 nitrogen and oxygen atoms in total. The zero-order valence-corrected chi connectivity index (χ0v) is 10.1. The van der Waals surface area contributed by atoms with Gasteiger partial charge in [-0.15, -0.1) is 5.06 Å². The normalized spacial score (nSPS) is 15.1. The van der Waals surface area contributed by atoms with Crippen LogP contribution < -0.4 is 5.14 Å². The van der Waals surface area contributed by atoms with Gasteiger partial charge in [0.15, 0.2) is 0 Å². The molecule has 1 aliphatic heterocycles. The minimum Gasteiger partial charge on any atom is -0.325 e. The molecule has 1 saturated heterocycles. The lowest BCUT2D eigenvalue weighted by atomic mass is 10.2. The van der Waals surface area contributed by atoms with Gasteiger partial charge in [0, 0.05) is 17.7 Å². The summed E-state index contributed by atoms with van der Waals surface area (Å²) in [5.41, 5.74) is 0.250. The molecule has 2 rings (SSSR count). The van der Waals surface area contributed by atoms with Crippen LogP contribution in [0.5, 0.6) is 0 Å². The first-order valence-corrected chi connectivity index (χ1v) is 6.04. The van der Waals surface area contributed by atoms with Crippen LogP contribution in [0.4, 0.5) is 0 Å². The number of nitrogens with zero attached hydrogens (tertiary/aromatic N) is 1. The van der Waals surface area contributed by atoms with Crippen molar-refractivity contribution < 1.29 is 19.2 Å². The molecule has 0 aliphatic carbocycles. The monoisotopic (exact) mass is 266 g/mol. The number of carbonyl (C=O) groups excluding carboxylic acids is 3. The third kappa shape index (κ3) is 2.52. The molecule has 0 radical (unpaired) electrons. The molecule has 0 aromatic heterocycles. The molecular weight excluding hydrogens is 256 g/mol. The van der Waals surface area contributed by atoms with Gasteiger partial charge in [-0.05, 0) is 36.2 Å². The molecule has 0 spiro atoms. The molecule has 0 bridgehead atoms. The minimum absolute atomic E-state index is 0.0782. The molecule has 1 aromatic rings. The van der Waals surface area contributed by atoms with Gasteiger partial charge < -0.3 is 4.84 Å². The van der Waals surface area contributed by atoms with Crippen LogP contribution in [0, 0.1) is 0 Å². The summed E-state index contributed by atoms with van der Waals surface area (Å²) in [7, 11) is 0. The van der Waals surface area contributed by atoms with Crippen molar-refractivity contribution in [3.8, 4) is 0 Å². The molecule has 0 unspecified atom stereocenters. The zero-order chi connectivity index (χ0) is 13.1. The first-order valence-electron chi connectivity index (χ1n) is 5.16. The summed E-state index contributed by atoms with van der Waals surface area (Å²) < 4.78 is 0. The summed E-state index contributed by atoms with van der Waals surface area (Å²) in [5, 5.41) is 5.87. The van der Waals surface area contributed by atoms with Crippen molar-refractivity contribution in [3.63, 3.8) is 0 Å². The van der Waals surface area contributed by atoms with E-state index in [4.69, 9.17) is 9.98 Å². The van der Waals surface area contributed by atoms with E-state index in [1.54, 1.807) is 12.1 Å². The molecule has 0 saturated carbocycles. The van der Waals surface area contributed by atoms with E-state index in [1.807, 2.05) is 0 Å². The SMILES string of the molecule is NSc1ccc(C(=O)ON2C(=O)CCC2=O)cc1. The fraction of sp³-hybridized carbons (Fsp3) is 0.182. The zero-order valence-electron chi connectivity index (χ0n) is 9.29. The summed E-state index contributed by atoms with van der Waals surface area (Å²) in [6.45, 7) is 0. The smallest absolute Gasteiger partial charge is 0.325 e. The van der Waals surface area contributed by atoms with E-state index in [0.29, 0.717) is 5.06 Å². The molecule has 1 fully saturated rings. The highest BCUT2D eigenvalue weighted by atomic mass is 32.2. The molecule has 2 N–H and O–H groups in total. The van der Waals surface area contributed by atoms with Crippen molar-refractivity contribution in [1.29, 1.82) is 0 Å². The van der Waals surface area contributed by atoms with E-state index in [-0.39, 0.29) is 18.4 Å². The molecule has 1 heterocycles. The molecule has 0 atom stereocenters. The summed E-state index contributed by atoms with van der Waals surface area (Å²) in [4.78, 5) is 39.7. The number of hydrogen-bond donors (Lipinski definition) is 1. The summed E-state index contributed by atoms with van der Waals surface area (Å²) in [6, 6.07) is 6.33. The maximum Gasteiger partial charge on any atom is 0.363 e. The Labute approximate surface area is 107 Å². The third-order valence-electron chi connectivity index (χ3n) is 2.41. The predicted octanol–water partition coefficient (Wildman–Crippen LogP) is 0.873. The standard InChI is InChI=1S/C11H10N2O4S/c12-18-8-3-1-7(2-4-8)11(16)17-13-9(14)5-6-10(13)15/h1-4H,5-6,12H2. The van der Waals surface area contributed by atoms with Crippen molar-refractivity contribution in [2.45, 2.75) is 17.7 Å². The fourth-order valence-corrected chi connectivity index (χ4v) is 1.76. The van der Waals surface area contributed by atoms with Gasteiger partial charge in [-0.2, -0.15) is 0 Å². The number of nitrogens with two attached hydrogens (primary N) is 1. The average molecular weight is 266 g/mol. The highest BCUT2D eigenvalue weighted by molar-refractivity contribution is 7.97. The van der Waals surface area contributed by atoms with Gasteiger partial charge in [-0.3, -0.25) is 14.7 Å². The molecule has 1 aliphatic rings. The number of amides is 2. The van der Waals surface area contributed by atoms with Gasteiger partial charge in [0.1, 0.15) is 0 Å². The highest BCUT2D eigenvalue weighted by Gasteiger charge is 2.33. The first kappa shape index (κ1) is 12.6. The van der Waals surface area contributed by atoms with Crippen molar-refractivity contribution in [2.75, 3.05) is 0 Å². The molecule has 94 valence electrons. The van der Waals surface area contributed by atoms with Crippen molar-refractivity contribution in [3.05, 3.63) is 29.8 Å². The maximum atomic E-state index is 11.7. The van der Waals surface area contributed by atoms with Gasteiger partial charge in [0.2, 0.25) is 0 Å². The minimum atomic E-state index is -0.743. The second kappa shape index (κ2) is 5.19. The van der Waals surface area contributed by atoms with Crippen LogP contribution in [0.15, 0.2) is 29.2 Å². The number of hydrogen-bond acceptors (Lipinski definition) is 6. The van der Waals surface area contributed by atoms with Gasteiger partial charge in [-0.25, -0.2) is 4.79 Å². The number of hydroxylamine groups is 2. The Morgan fingerprint density at radius 1 is 1.17 bits per heavy atom. The summed E-state index contributed by atoms with van der Waals surface area (Å²) in [6.07, 6.45) is 0.156. The highest BCUT2D eigenvalue weighted by Crippen LogP contribution is 2.16. The lowest BCUT2D eigenvalue weighted by Gasteiger charge is -2.12. The van der Waals surface area contributed by atoms with E-state index >= 15 is 0 Å². The fourth-order valence-electron chi connectivity index (χ4n) is 1.46.